The van der Waals surface area contributed by atoms with Gasteiger partial charge in [-0.1, -0.05) is 0 Å². The zero-order valence-electron chi connectivity index (χ0n) is 19.4. The van der Waals surface area contributed by atoms with E-state index in [1.54, 1.807) is 18.5 Å². The van der Waals surface area contributed by atoms with Crippen LogP contribution in [0.5, 0.6) is 5.75 Å². The van der Waals surface area contributed by atoms with E-state index < -0.39 is 0 Å². The molecule has 1 fully saturated rings. The van der Waals surface area contributed by atoms with Gasteiger partial charge in [-0.25, -0.2) is 9.98 Å². The van der Waals surface area contributed by atoms with Crippen LogP contribution >= 0.6 is 0 Å². The second-order valence-electron chi connectivity index (χ2n) is 9.39. The molecule has 3 aliphatic rings. The number of fused-ring (bicyclic) bond motifs is 1. The lowest BCUT2D eigenvalue weighted by Gasteiger charge is -2.35. The molecule has 9 heteroatoms. The van der Waals surface area contributed by atoms with Crippen LogP contribution < -0.4 is 20.3 Å². The molecule has 34 heavy (non-hydrogen) atoms. The standard InChI is InChI=1S/C25H29N7O2/c1-25(2)14-17-12-20(30-24(33)19(15-26)23-28-6-3-7-29-23)21(13-22(17)34-25)31-9-4-18(5-10-31)32-11-8-27-16-32/h3,6-8,11-13,15-16,18,26,28H,4-5,9-10,14H2,1-2H3,(H,30,33)/b23-19-,26-15?. The van der Waals surface area contributed by atoms with Gasteiger partial charge in [0.1, 0.15) is 17.2 Å². The molecule has 0 radical (unpaired) electrons. The summed E-state index contributed by atoms with van der Waals surface area (Å²) in [7, 11) is 0. The molecule has 1 amide bonds. The number of nitrogens with one attached hydrogen (secondary N) is 3. The second-order valence-corrected chi connectivity index (χ2v) is 9.39. The van der Waals surface area contributed by atoms with Gasteiger partial charge in [-0.05, 0) is 38.8 Å². The molecule has 9 nitrogen and oxygen atoms in total. The Morgan fingerprint density at radius 2 is 2.15 bits per heavy atom. The highest BCUT2D eigenvalue weighted by Gasteiger charge is 2.33. The van der Waals surface area contributed by atoms with E-state index in [9.17, 15) is 4.79 Å². The highest BCUT2D eigenvalue weighted by Crippen LogP contribution is 2.42. The number of anilines is 2. The normalized spacial score (nSPS) is 20.4. The number of aromatic nitrogens is 2. The van der Waals surface area contributed by atoms with Gasteiger partial charge in [0.25, 0.3) is 5.91 Å². The minimum atomic E-state index is -0.377. The molecule has 0 unspecified atom stereocenters. The van der Waals surface area contributed by atoms with Crippen LogP contribution in [0.15, 0.2) is 59.5 Å². The van der Waals surface area contributed by atoms with E-state index in [0.717, 1.165) is 61.3 Å². The molecule has 4 heterocycles. The maximum absolute atomic E-state index is 13.2. The van der Waals surface area contributed by atoms with Crippen molar-refractivity contribution in [3.8, 4) is 5.75 Å². The third-order valence-corrected chi connectivity index (χ3v) is 6.43. The molecule has 0 atom stereocenters. The molecular formula is C25H29N7O2. The van der Waals surface area contributed by atoms with Crippen LogP contribution in [0.3, 0.4) is 0 Å². The lowest BCUT2D eigenvalue weighted by Crippen LogP contribution is -2.35. The number of piperidine rings is 1. The Hall–Kier alpha value is -3.88. The first-order chi connectivity index (χ1) is 16.4. The summed E-state index contributed by atoms with van der Waals surface area (Å²) in [5.41, 5.74) is 2.61. The van der Waals surface area contributed by atoms with E-state index >= 15 is 0 Å². The highest BCUT2D eigenvalue weighted by atomic mass is 16.5. The van der Waals surface area contributed by atoms with Crippen molar-refractivity contribution >= 4 is 29.7 Å². The van der Waals surface area contributed by atoms with Gasteiger partial charge in [-0.2, -0.15) is 0 Å². The van der Waals surface area contributed by atoms with E-state index in [1.165, 1.54) is 0 Å². The van der Waals surface area contributed by atoms with E-state index in [2.05, 4.69) is 43.9 Å². The summed E-state index contributed by atoms with van der Waals surface area (Å²) in [6, 6.07) is 4.48. The first-order valence-electron chi connectivity index (χ1n) is 11.5. The number of imidazole rings is 1. The van der Waals surface area contributed by atoms with Crippen LogP contribution in [0.1, 0.15) is 38.3 Å². The second kappa shape index (κ2) is 8.81. The van der Waals surface area contributed by atoms with Crippen molar-refractivity contribution in [2.45, 2.75) is 44.8 Å². The number of hydrogen-bond acceptors (Lipinski definition) is 7. The predicted molar refractivity (Wildman–Crippen MR) is 133 cm³/mol. The van der Waals surface area contributed by atoms with E-state index in [-0.39, 0.29) is 17.1 Å². The molecule has 3 N–H and O–H groups in total. The number of rotatable bonds is 5. The molecular weight excluding hydrogens is 430 g/mol. The van der Waals surface area contributed by atoms with Crippen LogP contribution in [0, 0.1) is 5.41 Å². The molecule has 176 valence electrons. The van der Waals surface area contributed by atoms with Crippen LogP contribution in [-0.4, -0.2) is 46.6 Å². The number of hydrogen-bond donors (Lipinski definition) is 3. The average Bonchev–Trinajstić information content (AvgIpc) is 3.46. The number of aliphatic imine (C=N–C) groups is 1. The SMILES string of the molecule is CC1(C)Cc2cc(NC(=O)/C(C=N)=C3\N=CC=CN3)c(N3CCC(n4ccnc4)CC3)cc2O1. The van der Waals surface area contributed by atoms with Crippen molar-refractivity contribution in [3.63, 3.8) is 0 Å². The Kier molecular flexibility index (Phi) is 5.69. The molecule has 3 aliphatic heterocycles. The molecule has 0 bridgehead atoms. The molecule has 5 rings (SSSR count). The number of amides is 1. The summed E-state index contributed by atoms with van der Waals surface area (Å²) in [4.78, 5) is 23.9. The van der Waals surface area contributed by atoms with Crippen molar-refractivity contribution < 1.29 is 9.53 Å². The molecule has 1 aromatic heterocycles. The summed E-state index contributed by atoms with van der Waals surface area (Å²) in [5, 5.41) is 13.8. The van der Waals surface area contributed by atoms with Gasteiger partial charge in [0.15, 0.2) is 0 Å². The number of carbonyl (C=O) groups is 1. The Morgan fingerprint density at radius 3 is 2.82 bits per heavy atom. The Bertz CT molecular complexity index is 1190. The quantitative estimate of drug-likeness (QED) is 0.469. The maximum Gasteiger partial charge on any atom is 0.261 e. The third-order valence-electron chi connectivity index (χ3n) is 6.43. The van der Waals surface area contributed by atoms with Gasteiger partial charge in [-0.3, -0.25) is 4.79 Å². The summed E-state index contributed by atoms with van der Waals surface area (Å²) < 4.78 is 8.37. The van der Waals surface area contributed by atoms with Crippen molar-refractivity contribution in [2.24, 2.45) is 4.99 Å². The minimum Gasteiger partial charge on any atom is -0.487 e. The van der Waals surface area contributed by atoms with Gasteiger partial charge < -0.3 is 30.2 Å². The van der Waals surface area contributed by atoms with Gasteiger partial charge in [0.05, 0.1) is 23.3 Å². The topological polar surface area (TPSA) is 108 Å². The average molecular weight is 460 g/mol. The largest absolute Gasteiger partial charge is 0.487 e. The molecule has 0 saturated carbocycles. The van der Waals surface area contributed by atoms with Crippen molar-refractivity contribution in [3.05, 3.63) is 60.1 Å². The van der Waals surface area contributed by atoms with E-state index in [1.807, 2.05) is 30.9 Å². The van der Waals surface area contributed by atoms with Gasteiger partial charge >= 0.3 is 0 Å². The third kappa shape index (κ3) is 4.33. The van der Waals surface area contributed by atoms with Crippen LogP contribution in [-0.2, 0) is 11.2 Å². The van der Waals surface area contributed by atoms with Crippen molar-refractivity contribution in [1.82, 2.24) is 14.9 Å². The van der Waals surface area contributed by atoms with Gasteiger partial charge in [0, 0.05) is 68.2 Å². The molecule has 0 aliphatic carbocycles. The van der Waals surface area contributed by atoms with Crippen LogP contribution in [0.2, 0.25) is 0 Å². The first-order valence-corrected chi connectivity index (χ1v) is 11.5. The summed E-state index contributed by atoms with van der Waals surface area (Å²) in [5.74, 6) is 0.838. The first kappa shape index (κ1) is 21.9. The minimum absolute atomic E-state index is 0.169. The van der Waals surface area contributed by atoms with Crippen LogP contribution in [0.25, 0.3) is 0 Å². The zero-order chi connectivity index (χ0) is 23.7. The predicted octanol–water partition coefficient (Wildman–Crippen LogP) is 3.43. The Balaban J connectivity index is 1.43. The van der Waals surface area contributed by atoms with Crippen molar-refractivity contribution in [1.29, 1.82) is 5.41 Å². The fraction of sp³-hybridized carbons (Fsp3) is 0.360. The number of carbonyl (C=O) groups excluding carboxylic acids is 1. The molecule has 0 spiro atoms. The summed E-state index contributed by atoms with van der Waals surface area (Å²) in [6.45, 7) is 5.84. The van der Waals surface area contributed by atoms with E-state index in [4.69, 9.17) is 10.1 Å². The van der Waals surface area contributed by atoms with E-state index in [0.29, 0.717) is 11.9 Å². The molecule has 2 aromatic rings. The number of benzene rings is 1. The van der Waals surface area contributed by atoms with Crippen LogP contribution in [0.4, 0.5) is 11.4 Å². The lowest BCUT2D eigenvalue weighted by molar-refractivity contribution is -0.112. The highest BCUT2D eigenvalue weighted by molar-refractivity contribution is 6.18. The number of nitrogens with zero attached hydrogens (tertiary/aromatic N) is 4. The smallest absolute Gasteiger partial charge is 0.261 e. The Labute approximate surface area is 198 Å². The molecule has 1 aromatic carbocycles. The fourth-order valence-corrected chi connectivity index (χ4v) is 4.79. The molecule has 1 saturated heterocycles. The van der Waals surface area contributed by atoms with Crippen molar-refractivity contribution in [2.75, 3.05) is 23.3 Å². The van der Waals surface area contributed by atoms with Gasteiger partial charge in [-0.15, -0.1) is 0 Å². The van der Waals surface area contributed by atoms with Gasteiger partial charge in [0.2, 0.25) is 0 Å². The fourth-order valence-electron chi connectivity index (χ4n) is 4.79. The number of allylic oxidation sites excluding steroid dienone is 1. The lowest BCUT2D eigenvalue weighted by atomic mass is 9.99. The maximum atomic E-state index is 13.2. The zero-order valence-corrected chi connectivity index (χ0v) is 19.4. The Morgan fingerprint density at radius 1 is 1.32 bits per heavy atom. The summed E-state index contributed by atoms with van der Waals surface area (Å²) in [6.07, 6.45) is 14.5. The summed E-state index contributed by atoms with van der Waals surface area (Å²) >= 11 is 0. The number of ether oxygens (including phenoxy) is 1. The monoisotopic (exact) mass is 459 g/mol.